The lowest BCUT2D eigenvalue weighted by molar-refractivity contribution is 0.321. The maximum absolute atomic E-state index is 5.41. The molecule has 3 N–H and O–H groups in total. The van der Waals surface area contributed by atoms with Gasteiger partial charge in [0, 0.05) is 49.5 Å². The van der Waals surface area contributed by atoms with Crippen LogP contribution in [0.1, 0.15) is 24.6 Å². The highest BCUT2D eigenvalue weighted by atomic mass is 16.5. The van der Waals surface area contributed by atoms with E-state index in [0.29, 0.717) is 12.6 Å². The molecule has 0 aliphatic carbocycles. The molecule has 1 aliphatic rings. The van der Waals surface area contributed by atoms with Gasteiger partial charge in [-0.05, 0) is 48.6 Å². The quantitative estimate of drug-likeness (QED) is 0.373. The van der Waals surface area contributed by atoms with Crippen molar-refractivity contribution in [1.82, 2.24) is 20.5 Å². The minimum Gasteiger partial charge on any atom is -0.497 e. The number of rotatable bonds is 8. The zero-order valence-electron chi connectivity index (χ0n) is 19.1. The average molecular weight is 436 g/mol. The number of aromatic amines is 1. The Morgan fingerprint density at radius 3 is 2.62 bits per heavy atom. The Labute approximate surface area is 189 Å². The third-order valence-corrected chi connectivity index (χ3v) is 5.77. The van der Waals surface area contributed by atoms with Crippen molar-refractivity contribution in [2.45, 2.75) is 32.5 Å². The largest absolute Gasteiger partial charge is 0.497 e. The predicted octanol–water partition coefficient (Wildman–Crippen LogP) is 3.51. The van der Waals surface area contributed by atoms with Crippen LogP contribution in [0.4, 0.5) is 0 Å². The zero-order valence-corrected chi connectivity index (χ0v) is 19.1. The molecule has 1 aromatic heterocycles. The standard InChI is InChI=1S/C25H33N5O2/c1-4-26-25(27-15-21-13-19-7-5-6-8-24(19)28-21)29-20-9-10-30(17-20)16-18-11-22(31-2)14-23(12-18)32-3/h5-8,11-14,20,28H,4,9-10,15-17H2,1-3H3,(H2,26,27,29). The van der Waals surface area contributed by atoms with Crippen LogP contribution in [0.2, 0.25) is 0 Å². The fraction of sp³-hybridized carbons (Fsp3) is 0.400. The van der Waals surface area contributed by atoms with E-state index in [1.807, 2.05) is 12.1 Å². The number of hydrogen-bond donors (Lipinski definition) is 3. The van der Waals surface area contributed by atoms with Crippen LogP contribution in [0.5, 0.6) is 11.5 Å². The van der Waals surface area contributed by atoms with Crippen molar-refractivity contribution in [3.8, 4) is 11.5 Å². The molecule has 7 nitrogen and oxygen atoms in total. The number of H-pyrrole nitrogens is 1. The van der Waals surface area contributed by atoms with Crippen LogP contribution in [-0.4, -0.2) is 55.7 Å². The first-order valence-corrected chi connectivity index (χ1v) is 11.2. The molecule has 0 spiro atoms. The van der Waals surface area contributed by atoms with Gasteiger partial charge in [0.2, 0.25) is 0 Å². The van der Waals surface area contributed by atoms with Crippen molar-refractivity contribution in [1.29, 1.82) is 0 Å². The van der Waals surface area contributed by atoms with Gasteiger partial charge in [0.25, 0.3) is 0 Å². The van der Waals surface area contributed by atoms with E-state index in [0.717, 1.165) is 61.3 Å². The van der Waals surface area contributed by atoms with Crippen LogP contribution in [0.15, 0.2) is 53.5 Å². The number of nitrogens with zero attached hydrogens (tertiary/aromatic N) is 2. The highest BCUT2D eigenvalue weighted by molar-refractivity contribution is 5.81. The average Bonchev–Trinajstić information content (AvgIpc) is 3.43. The number of aromatic nitrogens is 1. The van der Waals surface area contributed by atoms with Crippen molar-refractivity contribution in [3.05, 3.63) is 59.8 Å². The van der Waals surface area contributed by atoms with Crippen molar-refractivity contribution in [2.24, 2.45) is 4.99 Å². The van der Waals surface area contributed by atoms with Gasteiger partial charge < -0.3 is 25.1 Å². The molecule has 1 fully saturated rings. The van der Waals surface area contributed by atoms with Crippen molar-refractivity contribution in [3.63, 3.8) is 0 Å². The molecule has 0 amide bonds. The number of fused-ring (bicyclic) bond motifs is 1. The van der Waals surface area contributed by atoms with E-state index in [-0.39, 0.29) is 0 Å². The minimum atomic E-state index is 0.364. The second-order valence-electron chi connectivity index (χ2n) is 8.16. The minimum absolute atomic E-state index is 0.364. The van der Waals surface area contributed by atoms with Crippen LogP contribution >= 0.6 is 0 Å². The third-order valence-electron chi connectivity index (χ3n) is 5.77. The lowest BCUT2D eigenvalue weighted by Crippen LogP contribution is -2.44. The summed E-state index contributed by atoms with van der Waals surface area (Å²) in [5.74, 6) is 2.51. The molecule has 4 rings (SSSR count). The lowest BCUT2D eigenvalue weighted by Gasteiger charge is -2.19. The van der Waals surface area contributed by atoms with E-state index in [1.54, 1.807) is 14.2 Å². The Bertz CT molecular complexity index is 1010. The number of guanidine groups is 1. The van der Waals surface area contributed by atoms with Crippen LogP contribution in [-0.2, 0) is 13.1 Å². The number of nitrogens with one attached hydrogen (secondary N) is 3. The SMILES string of the molecule is CCNC(=NCc1cc2ccccc2[nH]1)NC1CCN(Cc2cc(OC)cc(OC)c2)C1. The second-order valence-corrected chi connectivity index (χ2v) is 8.16. The molecular weight excluding hydrogens is 402 g/mol. The number of ether oxygens (including phenoxy) is 2. The summed E-state index contributed by atoms with van der Waals surface area (Å²) in [4.78, 5) is 10.7. The Morgan fingerprint density at radius 2 is 1.91 bits per heavy atom. The molecule has 3 aromatic rings. The van der Waals surface area contributed by atoms with Gasteiger partial charge in [-0.3, -0.25) is 4.90 Å². The number of para-hydroxylation sites is 1. The highest BCUT2D eigenvalue weighted by Gasteiger charge is 2.23. The maximum atomic E-state index is 5.41. The van der Waals surface area contributed by atoms with E-state index < -0.39 is 0 Å². The summed E-state index contributed by atoms with van der Waals surface area (Å²) in [5, 5.41) is 8.22. The van der Waals surface area contributed by atoms with Gasteiger partial charge in [0.15, 0.2) is 5.96 Å². The maximum Gasteiger partial charge on any atom is 0.191 e. The first-order chi connectivity index (χ1) is 15.7. The summed E-state index contributed by atoms with van der Waals surface area (Å²) in [6, 6.07) is 16.9. The predicted molar refractivity (Wildman–Crippen MR) is 129 cm³/mol. The van der Waals surface area contributed by atoms with Gasteiger partial charge in [-0.2, -0.15) is 0 Å². The normalized spacial score (nSPS) is 17.0. The van der Waals surface area contributed by atoms with Gasteiger partial charge in [-0.1, -0.05) is 18.2 Å². The van der Waals surface area contributed by atoms with Gasteiger partial charge in [0.05, 0.1) is 20.8 Å². The first-order valence-electron chi connectivity index (χ1n) is 11.2. The molecule has 1 atom stereocenters. The number of hydrogen-bond acceptors (Lipinski definition) is 4. The van der Waals surface area contributed by atoms with Crippen molar-refractivity contribution in [2.75, 3.05) is 33.9 Å². The molecule has 7 heteroatoms. The number of aliphatic imine (C=N–C) groups is 1. The molecule has 0 bridgehead atoms. The van der Waals surface area contributed by atoms with Crippen molar-refractivity contribution >= 4 is 16.9 Å². The van der Waals surface area contributed by atoms with Crippen LogP contribution < -0.4 is 20.1 Å². The number of benzene rings is 2. The van der Waals surface area contributed by atoms with Gasteiger partial charge in [-0.15, -0.1) is 0 Å². The smallest absolute Gasteiger partial charge is 0.191 e. The monoisotopic (exact) mass is 435 g/mol. The summed E-state index contributed by atoms with van der Waals surface area (Å²) in [7, 11) is 3.37. The molecule has 170 valence electrons. The van der Waals surface area contributed by atoms with E-state index in [4.69, 9.17) is 14.5 Å². The van der Waals surface area contributed by atoms with Crippen LogP contribution in [0.3, 0.4) is 0 Å². The molecule has 1 aliphatic heterocycles. The zero-order chi connectivity index (χ0) is 22.3. The van der Waals surface area contributed by atoms with Crippen molar-refractivity contribution < 1.29 is 9.47 Å². The molecule has 2 heterocycles. The van der Waals surface area contributed by atoms with Crippen LogP contribution in [0.25, 0.3) is 10.9 Å². The van der Waals surface area contributed by atoms with E-state index in [9.17, 15) is 0 Å². The van der Waals surface area contributed by atoms with E-state index in [2.05, 4.69) is 63.8 Å². The second kappa shape index (κ2) is 10.4. The Hall–Kier alpha value is -3.19. The molecular formula is C25H33N5O2. The molecule has 1 saturated heterocycles. The molecule has 1 unspecified atom stereocenters. The Balaban J connectivity index is 1.35. The summed E-state index contributed by atoms with van der Waals surface area (Å²) in [5.41, 5.74) is 3.46. The fourth-order valence-corrected chi connectivity index (χ4v) is 4.21. The lowest BCUT2D eigenvalue weighted by atomic mass is 10.2. The molecule has 0 saturated carbocycles. The third kappa shape index (κ3) is 5.53. The Morgan fingerprint density at radius 1 is 1.12 bits per heavy atom. The first kappa shape index (κ1) is 22.0. The summed E-state index contributed by atoms with van der Waals surface area (Å²) >= 11 is 0. The van der Waals surface area contributed by atoms with Gasteiger partial charge >= 0.3 is 0 Å². The molecule has 0 radical (unpaired) electrons. The summed E-state index contributed by atoms with van der Waals surface area (Å²) in [6.07, 6.45) is 1.08. The number of methoxy groups -OCH3 is 2. The molecule has 2 aromatic carbocycles. The fourth-order valence-electron chi connectivity index (χ4n) is 4.21. The van der Waals surface area contributed by atoms with Gasteiger partial charge in [-0.25, -0.2) is 4.99 Å². The van der Waals surface area contributed by atoms with Crippen LogP contribution in [0, 0.1) is 0 Å². The highest BCUT2D eigenvalue weighted by Crippen LogP contribution is 2.24. The van der Waals surface area contributed by atoms with E-state index in [1.165, 1.54) is 10.9 Å². The number of likely N-dealkylation sites (tertiary alicyclic amines) is 1. The van der Waals surface area contributed by atoms with E-state index >= 15 is 0 Å². The summed E-state index contributed by atoms with van der Waals surface area (Å²) in [6.45, 7) is 6.42. The summed E-state index contributed by atoms with van der Waals surface area (Å²) < 4.78 is 10.8. The van der Waals surface area contributed by atoms with Gasteiger partial charge in [0.1, 0.15) is 11.5 Å². The molecule has 32 heavy (non-hydrogen) atoms. The Kier molecular flexibility index (Phi) is 7.17. The topological polar surface area (TPSA) is 73.9 Å².